The molecule has 32 heavy (non-hydrogen) atoms. The minimum Gasteiger partial charge on any atom is -0.487 e. The van der Waals surface area contributed by atoms with E-state index in [1.165, 1.54) is 34.9 Å². The van der Waals surface area contributed by atoms with E-state index >= 15 is 0 Å². The van der Waals surface area contributed by atoms with Gasteiger partial charge in [-0.1, -0.05) is 6.07 Å². The largest absolute Gasteiger partial charge is 0.487 e. The number of carbonyl (C=O) groups excluding carboxylic acids is 2. The Bertz CT molecular complexity index is 1260. The number of rotatable bonds is 7. The van der Waals surface area contributed by atoms with Crippen molar-refractivity contribution in [1.82, 2.24) is 4.57 Å². The Morgan fingerprint density at radius 1 is 1.03 bits per heavy atom. The second-order valence-corrected chi connectivity index (χ2v) is 7.29. The van der Waals surface area contributed by atoms with E-state index in [9.17, 15) is 23.2 Å². The number of hydrogen-bond donors (Lipinski definition) is 2. The molecule has 0 bridgehead atoms. The van der Waals surface area contributed by atoms with Crippen LogP contribution in [-0.2, 0) is 18.0 Å². The minimum absolute atomic E-state index is 0.0177. The molecule has 1 heterocycles. The SMILES string of the molecule is NC(=O)OCc1cc(OCc2ccc(F)cc2F)c(Br)c(=O)n1-c1cccc(C(N)=O)c1. The zero-order valence-electron chi connectivity index (χ0n) is 16.3. The molecule has 0 unspecified atom stereocenters. The van der Waals surface area contributed by atoms with Crippen molar-refractivity contribution in [2.45, 2.75) is 13.2 Å². The molecule has 0 radical (unpaired) electrons. The van der Waals surface area contributed by atoms with Crippen LogP contribution in [0.3, 0.4) is 0 Å². The molecular formula is C21H16BrF2N3O5. The lowest BCUT2D eigenvalue weighted by Gasteiger charge is -2.17. The maximum atomic E-state index is 13.9. The Morgan fingerprint density at radius 3 is 2.44 bits per heavy atom. The van der Waals surface area contributed by atoms with Crippen LogP contribution in [0.2, 0.25) is 0 Å². The van der Waals surface area contributed by atoms with Crippen LogP contribution >= 0.6 is 15.9 Å². The molecule has 1 aromatic heterocycles. The number of nitrogens with two attached hydrogens (primary N) is 2. The van der Waals surface area contributed by atoms with Crippen molar-refractivity contribution in [2.75, 3.05) is 0 Å². The number of ether oxygens (including phenoxy) is 2. The van der Waals surface area contributed by atoms with Crippen LogP contribution in [0.25, 0.3) is 5.69 Å². The summed E-state index contributed by atoms with van der Waals surface area (Å²) in [6.45, 7) is -0.707. The van der Waals surface area contributed by atoms with Gasteiger partial charge in [0, 0.05) is 28.9 Å². The van der Waals surface area contributed by atoms with Gasteiger partial charge in [-0.3, -0.25) is 14.2 Å². The minimum atomic E-state index is -1.08. The molecule has 0 atom stereocenters. The number of aromatic nitrogens is 1. The maximum absolute atomic E-state index is 13.9. The van der Waals surface area contributed by atoms with Crippen molar-refractivity contribution in [2.24, 2.45) is 11.5 Å². The Labute approximate surface area is 188 Å². The van der Waals surface area contributed by atoms with E-state index in [1.807, 2.05) is 0 Å². The van der Waals surface area contributed by atoms with Gasteiger partial charge in [0.25, 0.3) is 5.56 Å². The van der Waals surface area contributed by atoms with Crippen molar-refractivity contribution in [1.29, 1.82) is 0 Å². The van der Waals surface area contributed by atoms with Crippen LogP contribution in [0, 0.1) is 11.6 Å². The summed E-state index contributed by atoms with van der Waals surface area (Å²) in [7, 11) is 0. The topological polar surface area (TPSA) is 127 Å². The highest BCUT2D eigenvalue weighted by molar-refractivity contribution is 9.10. The van der Waals surface area contributed by atoms with Gasteiger partial charge >= 0.3 is 6.09 Å². The van der Waals surface area contributed by atoms with Crippen LogP contribution < -0.4 is 21.8 Å². The molecule has 4 N–H and O–H groups in total. The average Bonchev–Trinajstić information content (AvgIpc) is 2.74. The summed E-state index contributed by atoms with van der Waals surface area (Å²) in [4.78, 5) is 35.7. The number of nitrogens with zero attached hydrogens (tertiary/aromatic N) is 1. The van der Waals surface area contributed by atoms with Crippen LogP contribution in [0.5, 0.6) is 5.75 Å². The Kier molecular flexibility index (Phi) is 6.89. The second-order valence-electron chi connectivity index (χ2n) is 6.50. The number of benzene rings is 2. The van der Waals surface area contributed by atoms with E-state index in [0.29, 0.717) is 6.07 Å². The van der Waals surface area contributed by atoms with E-state index in [1.54, 1.807) is 6.07 Å². The molecule has 0 spiro atoms. The molecule has 0 aliphatic heterocycles. The summed E-state index contributed by atoms with van der Waals surface area (Å²) < 4.78 is 38.5. The molecule has 0 aliphatic rings. The van der Waals surface area contributed by atoms with E-state index in [2.05, 4.69) is 15.9 Å². The Balaban J connectivity index is 2.05. The third-order valence-corrected chi connectivity index (χ3v) is 5.07. The third-order valence-electron chi connectivity index (χ3n) is 4.34. The highest BCUT2D eigenvalue weighted by Crippen LogP contribution is 2.26. The lowest BCUT2D eigenvalue weighted by atomic mass is 10.1. The highest BCUT2D eigenvalue weighted by atomic mass is 79.9. The lowest BCUT2D eigenvalue weighted by Crippen LogP contribution is -2.25. The van der Waals surface area contributed by atoms with Crippen molar-refractivity contribution >= 4 is 27.9 Å². The molecule has 2 amide bonds. The van der Waals surface area contributed by atoms with Gasteiger partial charge in [0.2, 0.25) is 5.91 Å². The highest BCUT2D eigenvalue weighted by Gasteiger charge is 2.18. The fraction of sp³-hybridized carbons (Fsp3) is 0.0952. The zero-order chi connectivity index (χ0) is 23.4. The fourth-order valence-corrected chi connectivity index (χ4v) is 3.25. The predicted octanol–water partition coefficient (Wildman–Crippen LogP) is 3.15. The molecule has 0 fully saturated rings. The van der Waals surface area contributed by atoms with Crippen molar-refractivity contribution in [3.63, 3.8) is 0 Å². The zero-order valence-corrected chi connectivity index (χ0v) is 17.9. The number of hydrogen-bond acceptors (Lipinski definition) is 5. The fourth-order valence-electron chi connectivity index (χ4n) is 2.85. The van der Waals surface area contributed by atoms with Gasteiger partial charge in [-0.15, -0.1) is 0 Å². The van der Waals surface area contributed by atoms with E-state index in [-0.39, 0.29) is 39.3 Å². The molecule has 2 aromatic carbocycles. The monoisotopic (exact) mass is 507 g/mol. The van der Waals surface area contributed by atoms with Gasteiger partial charge in [0.1, 0.15) is 35.1 Å². The molecule has 3 aromatic rings. The second kappa shape index (κ2) is 9.60. The van der Waals surface area contributed by atoms with Crippen LogP contribution in [-0.4, -0.2) is 16.6 Å². The molecule has 8 nitrogen and oxygen atoms in total. The van der Waals surface area contributed by atoms with Gasteiger partial charge in [0.15, 0.2) is 0 Å². The molecule has 166 valence electrons. The standard InChI is InChI=1S/C21H16BrF2N3O5/c22-18-17(31-9-12-4-5-13(23)7-16(12)24)8-15(10-32-21(26)30)27(20(18)29)14-3-1-2-11(6-14)19(25)28/h1-8H,9-10H2,(H2,25,28)(H2,26,30). The normalized spacial score (nSPS) is 10.6. The van der Waals surface area contributed by atoms with Gasteiger partial charge < -0.3 is 20.9 Å². The van der Waals surface area contributed by atoms with E-state index < -0.39 is 35.8 Å². The molecule has 0 saturated carbocycles. The Hall–Kier alpha value is -3.73. The third kappa shape index (κ3) is 5.11. The summed E-state index contributed by atoms with van der Waals surface area (Å²) in [5.41, 5.74) is 10.4. The van der Waals surface area contributed by atoms with E-state index in [4.69, 9.17) is 20.9 Å². The van der Waals surface area contributed by atoms with Gasteiger partial charge in [-0.05, 0) is 46.3 Å². The van der Waals surface area contributed by atoms with Crippen molar-refractivity contribution in [3.05, 3.63) is 91.8 Å². The number of halogens is 3. The summed E-state index contributed by atoms with van der Waals surface area (Å²) in [5, 5.41) is 0. The molecule has 11 heteroatoms. The summed E-state index contributed by atoms with van der Waals surface area (Å²) in [6.07, 6.45) is -1.08. The molecule has 0 saturated heterocycles. The number of carbonyl (C=O) groups is 2. The number of primary amides is 2. The first-order valence-electron chi connectivity index (χ1n) is 9.01. The molecule has 3 rings (SSSR count). The predicted molar refractivity (Wildman–Crippen MR) is 113 cm³/mol. The average molecular weight is 508 g/mol. The smallest absolute Gasteiger partial charge is 0.404 e. The number of amides is 2. The van der Waals surface area contributed by atoms with Gasteiger partial charge in [-0.25, -0.2) is 13.6 Å². The summed E-state index contributed by atoms with van der Waals surface area (Å²) in [6, 6.07) is 10.3. The number of pyridine rings is 1. The molecule has 0 aliphatic carbocycles. The van der Waals surface area contributed by atoms with Crippen LogP contribution in [0.4, 0.5) is 13.6 Å². The summed E-state index contributed by atoms with van der Waals surface area (Å²) in [5.74, 6) is -2.23. The van der Waals surface area contributed by atoms with Crippen LogP contribution in [0.1, 0.15) is 21.6 Å². The van der Waals surface area contributed by atoms with Crippen molar-refractivity contribution in [3.8, 4) is 11.4 Å². The lowest BCUT2D eigenvalue weighted by molar-refractivity contribution is 0.1000. The van der Waals surface area contributed by atoms with Crippen LogP contribution in [0.15, 0.2) is 57.8 Å². The van der Waals surface area contributed by atoms with Crippen molar-refractivity contribution < 1.29 is 27.8 Å². The first kappa shape index (κ1) is 22.9. The molecular weight excluding hydrogens is 492 g/mol. The van der Waals surface area contributed by atoms with Gasteiger partial charge in [-0.2, -0.15) is 0 Å². The maximum Gasteiger partial charge on any atom is 0.404 e. The quantitative estimate of drug-likeness (QED) is 0.507. The summed E-state index contributed by atoms with van der Waals surface area (Å²) >= 11 is 3.16. The first-order valence-corrected chi connectivity index (χ1v) is 9.80. The van der Waals surface area contributed by atoms with Gasteiger partial charge in [0.05, 0.1) is 5.69 Å². The first-order chi connectivity index (χ1) is 15.2. The Morgan fingerprint density at radius 2 is 1.78 bits per heavy atom. The van der Waals surface area contributed by atoms with E-state index in [0.717, 1.165) is 6.07 Å².